The Morgan fingerprint density at radius 1 is 0.818 bits per heavy atom. The molecule has 0 fully saturated rings. The number of aromatic nitrogens is 3. The molecule has 0 amide bonds. The number of imidazole rings is 1. The molecule has 3 heteroatoms. The molecule has 2 aromatic heterocycles. The number of rotatable bonds is 2. The molecule has 3 nitrogen and oxygen atoms in total. The van der Waals surface area contributed by atoms with Crippen LogP contribution in [0, 0.1) is 6.92 Å². The lowest BCUT2D eigenvalue weighted by Gasteiger charge is -2.10. The van der Waals surface area contributed by atoms with Gasteiger partial charge < -0.3 is 0 Å². The molecule has 0 radical (unpaired) electrons. The average molecular weight is 285 g/mol. The second kappa shape index (κ2) is 5.11. The van der Waals surface area contributed by atoms with Crippen LogP contribution in [0.5, 0.6) is 0 Å². The Bertz CT molecular complexity index is 925. The van der Waals surface area contributed by atoms with Gasteiger partial charge in [0.25, 0.3) is 0 Å². The Kier molecular flexibility index (Phi) is 2.97. The van der Waals surface area contributed by atoms with E-state index in [0.717, 1.165) is 28.2 Å². The molecule has 0 aliphatic rings. The number of hydrogen-bond donors (Lipinski definition) is 0. The third kappa shape index (κ3) is 1.99. The molecule has 4 rings (SSSR count). The first kappa shape index (κ1) is 12.8. The topological polar surface area (TPSA) is 30.7 Å². The standard InChI is InChI=1S/C19H15N3/c1-14-12-13-20-18-17(14)22(16-10-6-3-7-11-16)19(21-18)15-8-4-2-5-9-15/h2-13H,1H3. The van der Waals surface area contributed by atoms with Crippen LogP contribution < -0.4 is 0 Å². The average Bonchev–Trinajstić information content (AvgIpc) is 2.97. The summed E-state index contributed by atoms with van der Waals surface area (Å²) in [7, 11) is 0. The van der Waals surface area contributed by atoms with Crippen LogP contribution in [0.4, 0.5) is 0 Å². The number of benzene rings is 2. The maximum atomic E-state index is 4.77. The Labute approximate surface area is 128 Å². The summed E-state index contributed by atoms with van der Waals surface area (Å²) in [6.45, 7) is 2.10. The van der Waals surface area contributed by atoms with Crippen LogP contribution >= 0.6 is 0 Å². The molecule has 2 heterocycles. The van der Waals surface area contributed by atoms with Crippen LogP contribution in [0.15, 0.2) is 72.9 Å². The van der Waals surface area contributed by atoms with E-state index in [0.29, 0.717) is 0 Å². The van der Waals surface area contributed by atoms with Crippen LogP contribution in [0.2, 0.25) is 0 Å². The van der Waals surface area contributed by atoms with Crippen LogP contribution in [-0.2, 0) is 0 Å². The van der Waals surface area contributed by atoms with Gasteiger partial charge in [-0.15, -0.1) is 0 Å². The van der Waals surface area contributed by atoms with Gasteiger partial charge in [0.05, 0.1) is 5.52 Å². The van der Waals surface area contributed by atoms with E-state index in [2.05, 4.69) is 40.7 Å². The van der Waals surface area contributed by atoms with Crippen LogP contribution in [0.1, 0.15) is 5.56 Å². The van der Waals surface area contributed by atoms with Crippen molar-refractivity contribution in [2.45, 2.75) is 6.92 Å². The van der Waals surface area contributed by atoms with Gasteiger partial charge in [0.15, 0.2) is 5.65 Å². The number of hydrogen-bond acceptors (Lipinski definition) is 2. The first-order valence-corrected chi connectivity index (χ1v) is 7.29. The van der Waals surface area contributed by atoms with Crippen molar-refractivity contribution in [1.82, 2.24) is 14.5 Å². The molecular weight excluding hydrogens is 270 g/mol. The van der Waals surface area contributed by atoms with Crippen molar-refractivity contribution in [1.29, 1.82) is 0 Å². The summed E-state index contributed by atoms with van der Waals surface area (Å²) in [4.78, 5) is 9.21. The largest absolute Gasteiger partial charge is 0.290 e. The van der Waals surface area contributed by atoms with Gasteiger partial charge in [-0.3, -0.25) is 4.57 Å². The van der Waals surface area contributed by atoms with Crippen LogP contribution in [0.25, 0.3) is 28.2 Å². The minimum atomic E-state index is 0.780. The monoisotopic (exact) mass is 285 g/mol. The summed E-state index contributed by atoms with van der Waals surface area (Å²) in [5.74, 6) is 0.920. The molecule has 0 aliphatic carbocycles. The minimum Gasteiger partial charge on any atom is -0.290 e. The number of fused-ring (bicyclic) bond motifs is 1. The second-order valence-corrected chi connectivity index (χ2v) is 5.27. The van der Waals surface area contributed by atoms with Gasteiger partial charge >= 0.3 is 0 Å². The number of pyridine rings is 1. The van der Waals surface area contributed by atoms with E-state index in [9.17, 15) is 0 Å². The van der Waals surface area contributed by atoms with Crippen molar-refractivity contribution in [2.24, 2.45) is 0 Å². The zero-order valence-electron chi connectivity index (χ0n) is 12.3. The molecular formula is C19H15N3. The summed E-state index contributed by atoms with van der Waals surface area (Å²) in [6, 6.07) is 22.6. The zero-order valence-corrected chi connectivity index (χ0v) is 12.3. The molecule has 0 bridgehead atoms. The highest BCUT2D eigenvalue weighted by Crippen LogP contribution is 2.29. The van der Waals surface area contributed by atoms with Gasteiger partial charge in [-0.05, 0) is 30.7 Å². The van der Waals surface area contributed by atoms with Gasteiger partial charge in [0.1, 0.15) is 5.82 Å². The predicted molar refractivity (Wildman–Crippen MR) is 89.0 cm³/mol. The summed E-state index contributed by atoms with van der Waals surface area (Å²) in [5.41, 5.74) is 5.20. The van der Waals surface area contributed by atoms with E-state index >= 15 is 0 Å². The lowest BCUT2D eigenvalue weighted by Crippen LogP contribution is -1.98. The maximum Gasteiger partial charge on any atom is 0.178 e. The Morgan fingerprint density at radius 3 is 2.23 bits per heavy atom. The molecule has 106 valence electrons. The fourth-order valence-electron chi connectivity index (χ4n) is 2.76. The van der Waals surface area contributed by atoms with Crippen molar-refractivity contribution < 1.29 is 0 Å². The minimum absolute atomic E-state index is 0.780. The molecule has 0 N–H and O–H groups in total. The fourth-order valence-corrected chi connectivity index (χ4v) is 2.76. The quantitative estimate of drug-likeness (QED) is 0.546. The van der Waals surface area contributed by atoms with Gasteiger partial charge in [-0.2, -0.15) is 0 Å². The highest BCUT2D eigenvalue weighted by molar-refractivity contribution is 5.82. The number of nitrogens with zero attached hydrogens (tertiary/aromatic N) is 3. The summed E-state index contributed by atoms with van der Waals surface area (Å²) < 4.78 is 2.19. The smallest absolute Gasteiger partial charge is 0.178 e. The number of aryl methyl sites for hydroxylation is 1. The van der Waals surface area contributed by atoms with Crippen molar-refractivity contribution in [3.8, 4) is 17.1 Å². The van der Waals surface area contributed by atoms with Gasteiger partial charge in [-0.25, -0.2) is 9.97 Å². The third-order valence-corrected chi connectivity index (χ3v) is 3.80. The second-order valence-electron chi connectivity index (χ2n) is 5.27. The first-order chi connectivity index (χ1) is 10.8. The van der Waals surface area contributed by atoms with Crippen molar-refractivity contribution in [2.75, 3.05) is 0 Å². The van der Waals surface area contributed by atoms with Crippen LogP contribution in [0.3, 0.4) is 0 Å². The Balaban J connectivity index is 2.11. The molecule has 0 saturated carbocycles. The summed E-state index contributed by atoms with van der Waals surface area (Å²) in [6.07, 6.45) is 1.81. The third-order valence-electron chi connectivity index (χ3n) is 3.80. The van der Waals surface area contributed by atoms with Gasteiger partial charge in [-0.1, -0.05) is 48.5 Å². The SMILES string of the molecule is Cc1ccnc2nc(-c3ccccc3)n(-c3ccccc3)c12. The molecule has 0 unspecified atom stereocenters. The lowest BCUT2D eigenvalue weighted by atomic mass is 10.2. The van der Waals surface area contributed by atoms with E-state index in [-0.39, 0.29) is 0 Å². The van der Waals surface area contributed by atoms with Crippen LogP contribution in [-0.4, -0.2) is 14.5 Å². The highest BCUT2D eigenvalue weighted by Gasteiger charge is 2.16. The lowest BCUT2D eigenvalue weighted by molar-refractivity contribution is 1.10. The maximum absolute atomic E-state index is 4.77. The molecule has 4 aromatic rings. The van der Waals surface area contributed by atoms with E-state index in [1.165, 1.54) is 5.56 Å². The van der Waals surface area contributed by atoms with Crippen molar-refractivity contribution >= 4 is 11.2 Å². The van der Waals surface area contributed by atoms with E-state index in [1.807, 2.05) is 48.7 Å². The van der Waals surface area contributed by atoms with Gasteiger partial charge in [0, 0.05) is 17.4 Å². The normalized spacial score (nSPS) is 11.0. The summed E-state index contributed by atoms with van der Waals surface area (Å²) >= 11 is 0. The predicted octanol–water partition coefficient (Wildman–Crippen LogP) is 4.40. The van der Waals surface area contributed by atoms with Gasteiger partial charge in [0.2, 0.25) is 0 Å². The first-order valence-electron chi connectivity index (χ1n) is 7.29. The fraction of sp³-hybridized carbons (Fsp3) is 0.0526. The van der Waals surface area contributed by atoms with E-state index < -0.39 is 0 Å². The molecule has 0 saturated heterocycles. The molecule has 0 spiro atoms. The highest BCUT2D eigenvalue weighted by atomic mass is 15.1. The zero-order chi connectivity index (χ0) is 14.9. The molecule has 2 aromatic carbocycles. The Hall–Kier alpha value is -2.94. The molecule has 0 aliphatic heterocycles. The van der Waals surface area contributed by atoms with Crippen molar-refractivity contribution in [3.63, 3.8) is 0 Å². The summed E-state index contributed by atoms with van der Waals surface area (Å²) in [5, 5.41) is 0. The van der Waals surface area contributed by atoms with E-state index in [4.69, 9.17) is 4.98 Å². The van der Waals surface area contributed by atoms with Crippen molar-refractivity contribution in [3.05, 3.63) is 78.5 Å². The Morgan fingerprint density at radius 2 is 1.50 bits per heavy atom. The van der Waals surface area contributed by atoms with E-state index in [1.54, 1.807) is 0 Å². The molecule has 0 atom stereocenters. The number of para-hydroxylation sites is 1. The molecule has 22 heavy (non-hydrogen) atoms.